The molecule has 5 rings (SSSR count). The number of nitrogens with one attached hydrogen (secondary N) is 1. The van der Waals surface area contributed by atoms with Crippen LogP contribution in [-0.4, -0.2) is 25.7 Å². The maximum absolute atomic E-state index is 13.2. The van der Waals surface area contributed by atoms with E-state index in [1.54, 1.807) is 11.3 Å². The average Bonchev–Trinajstić information content (AvgIpc) is 3.30. The molecule has 2 heterocycles. The van der Waals surface area contributed by atoms with Crippen LogP contribution < -0.4 is 5.32 Å². The standard InChI is InChI=1S/C28H37N5OS/c1-17(2)11-20-13-21(14-20)27-31-32-28(33(27)23-6-7-23)22(16-26-29-9-10-35-26)15-25(34)30-24-8-5-18(3)12-19(24)4/h5,8-10,12,17,20-23H,6-7,11,13-16H2,1-4H3,(H,30,34)/t20-,21+,22-/m1/s1. The molecule has 186 valence electrons. The largest absolute Gasteiger partial charge is 0.326 e. The van der Waals surface area contributed by atoms with Crippen molar-refractivity contribution in [2.75, 3.05) is 5.32 Å². The molecule has 2 saturated carbocycles. The Labute approximate surface area is 212 Å². The smallest absolute Gasteiger partial charge is 0.225 e. The quantitative estimate of drug-likeness (QED) is 0.348. The molecule has 7 heteroatoms. The molecule has 0 spiro atoms. The van der Waals surface area contributed by atoms with Crippen molar-refractivity contribution in [1.29, 1.82) is 0 Å². The van der Waals surface area contributed by atoms with Crippen molar-refractivity contribution in [3.05, 3.63) is 57.6 Å². The van der Waals surface area contributed by atoms with Crippen LogP contribution in [-0.2, 0) is 11.2 Å². The highest BCUT2D eigenvalue weighted by molar-refractivity contribution is 7.09. The number of hydrogen-bond donors (Lipinski definition) is 1. The lowest BCUT2D eigenvalue weighted by Gasteiger charge is -2.36. The van der Waals surface area contributed by atoms with Gasteiger partial charge in [-0.3, -0.25) is 4.79 Å². The number of carbonyl (C=O) groups is 1. The molecule has 6 nitrogen and oxygen atoms in total. The topological polar surface area (TPSA) is 72.7 Å². The Kier molecular flexibility index (Phi) is 7.05. The van der Waals surface area contributed by atoms with Gasteiger partial charge in [0.25, 0.3) is 0 Å². The Balaban J connectivity index is 1.37. The van der Waals surface area contributed by atoms with Gasteiger partial charge in [-0.15, -0.1) is 21.5 Å². The minimum Gasteiger partial charge on any atom is -0.326 e. The van der Waals surface area contributed by atoms with Crippen molar-refractivity contribution in [2.45, 2.75) is 90.5 Å². The van der Waals surface area contributed by atoms with Gasteiger partial charge in [-0.05, 0) is 69.4 Å². The second kappa shape index (κ2) is 10.2. The van der Waals surface area contributed by atoms with E-state index < -0.39 is 0 Å². The van der Waals surface area contributed by atoms with E-state index in [2.05, 4.69) is 41.7 Å². The fourth-order valence-electron chi connectivity index (χ4n) is 5.58. The van der Waals surface area contributed by atoms with Crippen LogP contribution in [0, 0.1) is 25.7 Å². The highest BCUT2D eigenvalue weighted by Crippen LogP contribution is 2.48. The molecule has 0 saturated heterocycles. The maximum Gasteiger partial charge on any atom is 0.225 e. The summed E-state index contributed by atoms with van der Waals surface area (Å²) in [7, 11) is 0. The van der Waals surface area contributed by atoms with Crippen molar-refractivity contribution >= 4 is 22.9 Å². The first-order chi connectivity index (χ1) is 16.9. The van der Waals surface area contributed by atoms with E-state index >= 15 is 0 Å². The highest BCUT2D eigenvalue weighted by Gasteiger charge is 2.39. The van der Waals surface area contributed by atoms with Crippen LogP contribution in [0.3, 0.4) is 0 Å². The molecule has 3 aromatic rings. The number of nitrogens with zero attached hydrogens (tertiary/aromatic N) is 4. The van der Waals surface area contributed by atoms with Gasteiger partial charge in [-0.1, -0.05) is 31.5 Å². The van der Waals surface area contributed by atoms with E-state index in [1.165, 1.54) is 37.7 Å². The molecule has 2 aliphatic rings. The van der Waals surface area contributed by atoms with E-state index in [9.17, 15) is 4.79 Å². The van der Waals surface area contributed by atoms with Crippen LogP contribution in [0.2, 0.25) is 0 Å². The predicted octanol–water partition coefficient (Wildman–Crippen LogP) is 6.58. The molecule has 1 atom stereocenters. The first-order valence-corrected chi connectivity index (χ1v) is 14.0. The van der Waals surface area contributed by atoms with E-state index in [-0.39, 0.29) is 11.8 Å². The Hall–Kier alpha value is -2.54. The number of carbonyl (C=O) groups excluding carboxylic acids is 1. The lowest BCUT2D eigenvalue weighted by molar-refractivity contribution is -0.116. The van der Waals surface area contributed by atoms with Crippen molar-refractivity contribution < 1.29 is 4.79 Å². The summed E-state index contributed by atoms with van der Waals surface area (Å²) in [5.41, 5.74) is 3.15. The number of benzene rings is 1. The van der Waals surface area contributed by atoms with E-state index in [0.717, 1.165) is 39.7 Å². The molecule has 0 radical (unpaired) electrons. The van der Waals surface area contributed by atoms with Crippen LogP contribution >= 0.6 is 11.3 Å². The Morgan fingerprint density at radius 3 is 2.66 bits per heavy atom. The minimum atomic E-state index is -0.0414. The van der Waals surface area contributed by atoms with Crippen LogP contribution in [0.15, 0.2) is 29.8 Å². The van der Waals surface area contributed by atoms with E-state index in [1.807, 2.05) is 30.6 Å². The summed E-state index contributed by atoms with van der Waals surface area (Å²) in [5, 5.41) is 15.7. The first kappa shape index (κ1) is 24.2. The van der Waals surface area contributed by atoms with Crippen LogP contribution in [0.1, 0.15) is 98.0 Å². The lowest BCUT2D eigenvalue weighted by atomic mass is 9.71. The molecule has 1 N–H and O–H groups in total. The van der Waals surface area contributed by atoms with Gasteiger partial charge >= 0.3 is 0 Å². The number of hydrogen-bond acceptors (Lipinski definition) is 5. The van der Waals surface area contributed by atoms with Crippen LogP contribution in [0.4, 0.5) is 5.69 Å². The van der Waals surface area contributed by atoms with Gasteiger partial charge in [0.1, 0.15) is 11.6 Å². The zero-order valence-electron chi connectivity index (χ0n) is 21.3. The molecule has 0 bridgehead atoms. The van der Waals surface area contributed by atoms with Gasteiger partial charge in [0.15, 0.2) is 0 Å². The molecular weight excluding hydrogens is 454 g/mol. The van der Waals surface area contributed by atoms with Crippen LogP contribution in [0.25, 0.3) is 0 Å². The number of amides is 1. The number of aromatic nitrogens is 4. The van der Waals surface area contributed by atoms with Gasteiger partial charge in [0.2, 0.25) is 5.91 Å². The Morgan fingerprint density at radius 1 is 1.20 bits per heavy atom. The molecular formula is C28H37N5OS. The summed E-state index contributed by atoms with van der Waals surface area (Å²) in [4.78, 5) is 17.7. The van der Waals surface area contributed by atoms with Crippen molar-refractivity contribution in [1.82, 2.24) is 19.7 Å². The minimum absolute atomic E-state index is 0.0195. The molecule has 35 heavy (non-hydrogen) atoms. The number of anilines is 1. The average molecular weight is 492 g/mol. The molecule has 0 unspecified atom stereocenters. The Morgan fingerprint density at radius 2 is 2.00 bits per heavy atom. The van der Waals surface area contributed by atoms with E-state index in [0.29, 0.717) is 24.8 Å². The number of aryl methyl sites for hydroxylation is 2. The maximum atomic E-state index is 13.2. The normalized spacial score (nSPS) is 20.6. The summed E-state index contributed by atoms with van der Waals surface area (Å²) < 4.78 is 2.42. The van der Waals surface area contributed by atoms with Gasteiger partial charge < -0.3 is 9.88 Å². The van der Waals surface area contributed by atoms with Gasteiger partial charge in [-0.25, -0.2) is 4.98 Å². The van der Waals surface area contributed by atoms with Crippen molar-refractivity contribution in [2.24, 2.45) is 11.8 Å². The summed E-state index contributed by atoms with van der Waals surface area (Å²) in [5.74, 6) is 4.16. The molecule has 2 aromatic heterocycles. The number of thiazole rings is 1. The monoisotopic (exact) mass is 491 g/mol. The first-order valence-electron chi connectivity index (χ1n) is 13.1. The Bertz CT molecular complexity index is 1160. The molecule has 2 aliphatic carbocycles. The van der Waals surface area contributed by atoms with Gasteiger partial charge in [0, 0.05) is 48.0 Å². The van der Waals surface area contributed by atoms with Crippen molar-refractivity contribution in [3.8, 4) is 0 Å². The highest BCUT2D eigenvalue weighted by atomic mass is 32.1. The fourth-order valence-corrected chi connectivity index (χ4v) is 6.28. The summed E-state index contributed by atoms with van der Waals surface area (Å²) in [6.45, 7) is 8.73. The SMILES string of the molecule is Cc1ccc(NC(=O)C[C@H](Cc2nccs2)c2nnc([C@H]3C[C@@H](CC(C)C)C3)n2C2CC2)c(C)c1. The second-order valence-corrected chi connectivity index (χ2v) is 12.1. The molecule has 0 aliphatic heterocycles. The summed E-state index contributed by atoms with van der Waals surface area (Å²) in [6, 6.07) is 6.62. The lowest BCUT2D eigenvalue weighted by Crippen LogP contribution is -2.27. The zero-order chi connectivity index (χ0) is 24.5. The predicted molar refractivity (Wildman–Crippen MR) is 141 cm³/mol. The summed E-state index contributed by atoms with van der Waals surface area (Å²) in [6.07, 6.45) is 9.01. The fraction of sp³-hybridized carbons (Fsp3) is 0.571. The third-order valence-electron chi connectivity index (χ3n) is 7.42. The van der Waals surface area contributed by atoms with Crippen molar-refractivity contribution in [3.63, 3.8) is 0 Å². The van der Waals surface area contributed by atoms with Gasteiger partial charge in [-0.2, -0.15) is 0 Å². The molecule has 2 fully saturated rings. The molecule has 1 aromatic carbocycles. The number of rotatable bonds is 10. The third kappa shape index (κ3) is 5.66. The second-order valence-electron chi connectivity index (χ2n) is 11.1. The van der Waals surface area contributed by atoms with Gasteiger partial charge in [0.05, 0.1) is 5.01 Å². The van der Waals surface area contributed by atoms with Crippen LogP contribution in [0.5, 0.6) is 0 Å². The third-order valence-corrected chi connectivity index (χ3v) is 8.23. The molecule has 1 amide bonds. The zero-order valence-corrected chi connectivity index (χ0v) is 22.1. The van der Waals surface area contributed by atoms with E-state index in [4.69, 9.17) is 10.2 Å². The summed E-state index contributed by atoms with van der Waals surface area (Å²) >= 11 is 1.65.